The van der Waals surface area contributed by atoms with Gasteiger partial charge >= 0.3 is 0 Å². The number of aromatic nitrogens is 3. The van der Waals surface area contributed by atoms with Crippen LogP contribution in [0.15, 0.2) is 24.5 Å². The molecule has 5 nitrogen and oxygen atoms in total. The van der Waals surface area contributed by atoms with Crippen LogP contribution in [0, 0.1) is 11.6 Å². The summed E-state index contributed by atoms with van der Waals surface area (Å²) in [6.45, 7) is 0.588. The highest BCUT2D eigenvalue weighted by Gasteiger charge is 2.10. The molecule has 0 amide bonds. The molecule has 0 saturated carbocycles. The maximum absolute atomic E-state index is 13.0. The lowest BCUT2D eigenvalue weighted by molar-refractivity contribution is 0.173. The molecular formula is C12H14F2N4O. The fraction of sp³-hybridized carbons (Fsp3) is 0.333. The number of aliphatic hydroxyl groups excluding tert-OH is 1. The van der Waals surface area contributed by atoms with E-state index in [1.165, 1.54) is 6.07 Å². The summed E-state index contributed by atoms with van der Waals surface area (Å²) < 4.78 is 27.3. The minimum Gasteiger partial charge on any atom is -0.387 e. The summed E-state index contributed by atoms with van der Waals surface area (Å²) in [4.78, 5) is 4.01. The average Bonchev–Trinajstić information content (AvgIpc) is 2.78. The summed E-state index contributed by atoms with van der Waals surface area (Å²) in [7, 11) is 1.76. The topological polar surface area (TPSA) is 63.0 Å². The van der Waals surface area contributed by atoms with Gasteiger partial charge in [0.05, 0.1) is 12.6 Å². The van der Waals surface area contributed by atoms with Crippen molar-refractivity contribution in [2.45, 2.75) is 12.6 Å². The molecule has 0 aliphatic heterocycles. The van der Waals surface area contributed by atoms with Gasteiger partial charge < -0.3 is 10.4 Å². The van der Waals surface area contributed by atoms with E-state index < -0.39 is 17.7 Å². The molecule has 2 aromatic rings. The Kier molecular flexibility index (Phi) is 4.18. The van der Waals surface area contributed by atoms with Gasteiger partial charge in [0, 0.05) is 13.6 Å². The van der Waals surface area contributed by atoms with Gasteiger partial charge in [-0.2, -0.15) is 5.10 Å². The quantitative estimate of drug-likeness (QED) is 0.846. The van der Waals surface area contributed by atoms with Crippen LogP contribution in [0.3, 0.4) is 0 Å². The van der Waals surface area contributed by atoms with Gasteiger partial charge in [0.1, 0.15) is 6.33 Å². The molecule has 19 heavy (non-hydrogen) atoms. The minimum atomic E-state index is -0.969. The maximum Gasteiger partial charge on any atom is 0.164 e. The van der Waals surface area contributed by atoms with Crippen LogP contribution in [0.25, 0.3) is 0 Å². The number of hydrogen-bond acceptors (Lipinski definition) is 4. The Labute approximate surface area is 108 Å². The van der Waals surface area contributed by atoms with Gasteiger partial charge in [-0.05, 0) is 17.7 Å². The van der Waals surface area contributed by atoms with Gasteiger partial charge in [0.15, 0.2) is 17.5 Å². The number of nitrogens with one attached hydrogen (secondary N) is 1. The van der Waals surface area contributed by atoms with E-state index in [1.807, 2.05) is 0 Å². The first kappa shape index (κ1) is 13.6. The summed E-state index contributed by atoms with van der Waals surface area (Å²) in [6, 6.07) is 3.33. The van der Waals surface area contributed by atoms with E-state index in [4.69, 9.17) is 0 Å². The van der Waals surface area contributed by atoms with Crippen molar-refractivity contribution in [2.75, 3.05) is 6.54 Å². The van der Waals surface area contributed by atoms with Crippen molar-refractivity contribution in [3.8, 4) is 0 Å². The van der Waals surface area contributed by atoms with Crippen LogP contribution in [0.4, 0.5) is 8.78 Å². The van der Waals surface area contributed by atoms with Crippen LogP contribution in [0.2, 0.25) is 0 Å². The van der Waals surface area contributed by atoms with E-state index in [1.54, 1.807) is 18.1 Å². The van der Waals surface area contributed by atoms with Crippen LogP contribution in [-0.4, -0.2) is 26.4 Å². The maximum atomic E-state index is 13.0. The lowest BCUT2D eigenvalue weighted by Gasteiger charge is -2.11. The Morgan fingerprint density at radius 2 is 2.16 bits per heavy atom. The number of benzene rings is 1. The van der Waals surface area contributed by atoms with Crippen LogP contribution >= 0.6 is 0 Å². The van der Waals surface area contributed by atoms with Crippen molar-refractivity contribution < 1.29 is 13.9 Å². The summed E-state index contributed by atoms with van der Waals surface area (Å²) in [5.41, 5.74) is 0.320. The highest BCUT2D eigenvalue weighted by Crippen LogP contribution is 2.15. The van der Waals surface area contributed by atoms with E-state index in [0.29, 0.717) is 17.9 Å². The van der Waals surface area contributed by atoms with E-state index >= 15 is 0 Å². The fourth-order valence-corrected chi connectivity index (χ4v) is 1.62. The number of aliphatic hydroxyl groups is 1. The monoisotopic (exact) mass is 268 g/mol. The van der Waals surface area contributed by atoms with Gasteiger partial charge in [0.25, 0.3) is 0 Å². The molecule has 2 rings (SSSR count). The molecule has 7 heteroatoms. The lowest BCUT2D eigenvalue weighted by atomic mass is 10.1. The van der Waals surface area contributed by atoms with Crippen molar-refractivity contribution in [1.82, 2.24) is 20.1 Å². The molecule has 0 aliphatic carbocycles. The molecule has 0 fully saturated rings. The normalized spacial score (nSPS) is 12.6. The second-order valence-electron chi connectivity index (χ2n) is 4.15. The van der Waals surface area contributed by atoms with E-state index in [0.717, 1.165) is 12.1 Å². The lowest BCUT2D eigenvalue weighted by Crippen LogP contribution is -2.22. The Morgan fingerprint density at radius 1 is 1.37 bits per heavy atom. The second kappa shape index (κ2) is 5.85. The Hall–Kier alpha value is -1.86. The predicted molar refractivity (Wildman–Crippen MR) is 64.0 cm³/mol. The first-order valence-corrected chi connectivity index (χ1v) is 5.74. The van der Waals surface area contributed by atoms with E-state index in [9.17, 15) is 13.9 Å². The molecule has 0 spiro atoms. The third-order valence-electron chi connectivity index (χ3n) is 2.60. The van der Waals surface area contributed by atoms with Gasteiger partial charge in [-0.3, -0.25) is 4.68 Å². The molecule has 0 bridgehead atoms. The SMILES string of the molecule is Cn1cnc(CNCC(O)c2ccc(F)c(F)c2)n1. The Balaban J connectivity index is 1.86. The molecule has 102 valence electrons. The number of hydrogen-bond donors (Lipinski definition) is 2. The van der Waals surface area contributed by atoms with Crippen molar-refractivity contribution in [3.05, 3.63) is 47.5 Å². The molecule has 1 aromatic carbocycles. The fourth-order valence-electron chi connectivity index (χ4n) is 1.62. The van der Waals surface area contributed by atoms with Gasteiger partial charge in [0.2, 0.25) is 0 Å². The molecule has 0 aliphatic rings. The summed E-state index contributed by atoms with van der Waals surface area (Å²) in [5, 5.41) is 16.8. The van der Waals surface area contributed by atoms with Crippen LogP contribution in [0.5, 0.6) is 0 Å². The number of nitrogens with zero attached hydrogens (tertiary/aromatic N) is 3. The minimum absolute atomic E-state index is 0.198. The van der Waals surface area contributed by atoms with Crippen LogP contribution in [0.1, 0.15) is 17.5 Å². The molecule has 0 radical (unpaired) electrons. The number of rotatable bonds is 5. The summed E-state index contributed by atoms with van der Waals surface area (Å²) >= 11 is 0. The van der Waals surface area contributed by atoms with Crippen molar-refractivity contribution in [1.29, 1.82) is 0 Å². The zero-order chi connectivity index (χ0) is 13.8. The molecule has 0 saturated heterocycles. The number of halogens is 2. The largest absolute Gasteiger partial charge is 0.387 e. The Morgan fingerprint density at radius 3 is 2.79 bits per heavy atom. The molecule has 1 aromatic heterocycles. The highest BCUT2D eigenvalue weighted by atomic mass is 19.2. The highest BCUT2D eigenvalue weighted by molar-refractivity contribution is 5.20. The average molecular weight is 268 g/mol. The van der Waals surface area contributed by atoms with E-state index in [-0.39, 0.29) is 6.54 Å². The standard InChI is InChI=1S/C12H14F2N4O/c1-18-7-16-12(17-18)6-15-5-11(19)8-2-3-9(13)10(14)4-8/h2-4,7,11,15,19H,5-6H2,1H3. The molecule has 2 N–H and O–H groups in total. The van der Waals surface area contributed by atoms with Crippen LogP contribution in [-0.2, 0) is 13.6 Å². The number of aryl methyl sites for hydroxylation is 1. The molecule has 1 heterocycles. The van der Waals surface area contributed by atoms with Gasteiger partial charge in [-0.15, -0.1) is 0 Å². The van der Waals surface area contributed by atoms with E-state index in [2.05, 4.69) is 15.4 Å². The summed E-state index contributed by atoms with van der Waals surface area (Å²) in [6.07, 6.45) is 0.654. The summed E-state index contributed by atoms with van der Waals surface area (Å²) in [5.74, 6) is -1.30. The molecule has 1 unspecified atom stereocenters. The Bertz CT molecular complexity index is 558. The smallest absolute Gasteiger partial charge is 0.164 e. The zero-order valence-corrected chi connectivity index (χ0v) is 10.3. The molecular weight excluding hydrogens is 254 g/mol. The third kappa shape index (κ3) is 3.55. The van der Waals surface area contributed by atoms with Gasteiger partial charge in [-0.1, -0.05) is 6.07 Å². The third-order valence-corrected chi connectivity index (χ3v) is 2.60. The van der Waals surface area contributed by atoms with Crippen molar-refractivity contribution >= 4 is 0 Å². The molecule has 1 atom stereocenters. The van der Waals surface area contributed by atoms with Gasteiger partial charge in [-0.25, -0.2) is 13.8 Å². The zero-order valence-electron chi connectivity index (χ0n) is 10.3. The predicted octanol–water partition coefficient (Wildman–Crippen LogP) is 0.916. The first-order chi connectivity index (χ1) is 9.06. The first-order valence-electron chi connectivity index (χ1n) is 5.74. The second-order valence-corrected chi connectivity index (χ2v) is 4.15. The van der Waals surface area contributed by atoms with Crippen molar-refractivity contribution in [3.63, 3.8) is 0 Å². The van der Waals surface area contributed by atoms with Crippen molar-refractivity contribution in [2.24, 2.45) is 7.05 Å². The van der Waals surface area contributed by atoms with Crippen LogP contribution < -0.4 is 5.32 Å².